The lowest BCUT2D eigenvalue weighted by atomic mass is 10.5. The Morgan fingerprint density at radius 3 is 2.69 bits per heavy atom. The molecule has 0 amide bonds. The molecule has 0 radical (unpaired) electrons. The summed E-state index contributed by atoms with van der Waals surface area (Å²) in [7, 11) is -3.39. The molecule has 0 aliphatic rings. The summed E-state index contributed by atoms with van der Waals surface area (Å²) in [5.41, 5.74) is 0. The minimum Gasteiger partial charge on any atom is -0.426 e. The van der Waals surface area contributed by atoms with E-state index >= 15 is 0 Å². The summed E-state index contributed by atoms with van der Waals surface area (Å²) in [6, 6.07) is 4.42. The molecule has 0 spiro atoms. The topological polar surface area (TPSA) is 71.3 Å². The predicted octanol–water partition coefficient (Wildman–Crippen LogP) is 0.826. The molecule has 5 nitrogen and oxygen atoms in total. The van der Waals surface area contributed by atoms with Crippen LogP contribution >= 0.6 is 12.2 Å². The Morgan fingerprint density at radius 2 is 2.15 bits per heavy atom. The molecule has 1 aromatic heterocycles. The van der Waals surface area contributed by atoms with Crippen LogP contribution in [0.5, 0.6) is 0 Å². The van der Waals surface area contributed by atoms with Gasteiger partial charge in [0.25, 0.3) is 0 Å². The number of hydrogen-bond donors (Lipinski definition) is 2. The summed E-state index contributed by atoms with van der Waals surface area (Å²) in [6.45, 7) is 0. The molecule has 0 saturated heterocycles. The van der Waals surface area contributed by atoms with E-state index < -0.39 is 10.0 Å². The van der Waals surface area contributed by atoms with Gasteiger partial charge in [0.1, 0.15) is 4.64 Å². The number of nitrogens with zero attached hydrogens (tertiary/aromatic N) is 1. The van der Waals surface area contributed by atoms with E-state index in [9.17, 15) is 13.6 Å². The first-order valence-corrected chi connectivity index (χ1v) is 5.59. The van der Waals surface area contributed by atoms with Crippen molar-refractivity contribution >= 4 is 28.1 Å². The minimum atomic E-state index is -3.39. The maximum atomic E-state index is 10.8. The third-order valence-corrected chi connectivity index (χ3v) is 2.11. The van der Waals surface area contributed by atoms with Crippen molar-refractivity contribution < 1.29 is 13.6 Å². The van der Waals surface area contributed by atoms with E-state index in [2.05, 4.69) is 4.72 Å². The van der Waals surface area contributed by atoms with Crippen LogP contribution in [0, 0.1) is 4.64 Å². The molecule has 0 fully saturated rings. The second kappa shape index (κ2) is 3.35. The van der Waals surface area contributed by atoms with Crippen LogP contribution in [0.1, 0.15) is 0 Å². The second-order valence-electron chi connectivity index (χ2n) is 2.44. The highest BCUT2D eigenvalue weighted by atomic mass is 32.2. The second-order valence-corrected chi connectivity index (χ2v) is 4.60. The smallest absolute Gasteiger partial charge is 0.231 e. The van der Waals surface area contributed by atoms with Gasteiger partial charge in [-0.3, -0.25) is 4.72 Å². The van der Waals surface area contributed by atoms with Crippen molar-refractivity contribution in [2.24, 2.45) is 0 Å². The zero-order valence-electron chi connectivity index (χ0n) is 6.76. The summed E-state index contributed by atoms with van der Waals surface area (Å²) in [4.78, 5) is 0. The fourth-order valence-corrected chi connectivity index (χ4v) is 1.46. The van der Waals surface area contributed by atoms with Crippen molar-refractivity contribution in [1.82, 2.24) is 4.73 Å². The van der Waals surface area contributed by atoms with Gasteiger partial charge < -0.3 is 5.21 Å². The first-order valence-electron chi connectivity index (χ1n) is 3.29. The van der Waals surface area contributed by atoms with Crippen molar-refractivity contribution in [1.29, 1.82) is 0 Å². The molecular weight excluding hydrogens is 212 g/mol. The zero-order valence-corrected chi connectivity index (χ0v) is 8.39. The molecule has 0 aliphatic heterocycles. The van der Waals surface area contributed by atoms with Crippen molar-refractivity contribution in [3.63, 3.8) is 0 Å². The van der Waals surface area contributed by atoms with Gasteiger partial charge in [-0.1, -0.05) is 18.3 Å². The molecule has 0 saturated carbocycles. The van der Waals surface area contributed by atoms with Crippen LogP contribution in [-0.2, 0) is 10.0 Å². The van der Waals surface area contributed by atoms with Gasteiger partial charge in [0.2, 0.25) is 10.0 Å². The van der Waals surface area contributed by atoms with Crippen LogP contribution in [0.4, 0.5) is 5.82 Å². The molecule has 1 rings (SSSR count). The molecule has 2 N–H and O–H groups in total. The molecule has 72 valence electrons. The Hall–Kier alpha value is -1.08. The quantitative estimate of drug-likeness (QED) is 0.572. The zero-order chi connectivity index (χ0) is 10.1. The number of sulfonamides is 1. The minimum absolute atomic E-state index is 0.0231. The van der Waals surface area contributed by atoms with E-state index in [1.54, 1.807) is 6.07 Å². The van der Waals surface area contributed by atoms with Crippen LogP contribution in [0.3, 0.4) is 0 Å². The Balaban J connectivity index is 3.18. The summed E-state index contributed by atoms with van der Waals surface area (Å²) in [5, 5.41) is 9.25. The third-order valence-electron chi connectivity index (χ3n) is 1.22. The van der Waals surface area contributed by atoms with E-state index in [-0.39, 0.29) is 10.5 Å². The summed E-state index contributed by atoms with van der Waals surface area (Å²) < 4.78 is 24.4. The highest BCUT2D eigenvalue weighted by molar-refractivity contribution is 7.92. The van der Waals surface area contributed by atoms with Crippen molar-refractivity contribution in [2.75, 3.05) is 11.0 Å². The Kier molecular flexibility index (Phi) is 2.58. The van der Waals surface area contributed by atoms with Gasteiger partial charge in [0, 0.05) is 0 Å². The van der Waals surface area contributed by atoms with Crippen LogP contribution in [0.2, 0.25) is 0 Å². The monoisotopic (exact) mass is 220 g/mol. The van der Waals surface area contributed by atoms with Crippen LogP contribution in [0.25, 0.3) is 0 Å². The fraction of sp³-hybridized carbons (Fsp3) is 0.167. The normalized spacial score (nSPS) is 11.2. The van der Waals surface area contributed by atoms with Gasteiger partial charge in [0.05, 0.1) is 6.26 Å². The standard InChI is InChI=1S/C6H8N2O3S2/c1-13(10,11)7-5-3-2-4-6(12)8(5)9/h2-4,7,9H,1H3. The fourth-order valence-electron chi connectivity index (χ4n) is 0.749. The number of hydrogen-bond acceptors (Lipinski definition) is 4. The average Bonchev–Trinajstić information content (AvgIpc) is 1.96. The molecule has 0 unspecified atom stereocenters. The molecule has 0 atom stereocenters. The van der Waals surface area contributed by atoms with Gasteiger partial charge in [-0.05, 0) is 12.1 Å². The maximum Gasteiger partial charge on any atom is 0.231 e. The number of anilines is 1. The van der Waals surface area contributed by atoms with Crippen molar-refractivity contribution in [2.45, 2.75) is 0 Å². The first kappa shape index (κ1) is 10.0. The van der Waals surface area contributed by atoms with Gasteiger partial charge >= 0.3 is 0 Å². The molecule has 0 aromatic carbocycles. The number of aromatic nitrogens is 1. The lowest BCUT2D eigenvalue weighted by Crippen LogP contribution is -2.14. The van der Waals surface area contributed by atoms with Crippen molar-refractivity contribution in [3.8, 4) is 0 Å². The molecule has 0 bridgehead atoms. The number of rotatable bonds is 2. The van der Waals surface area contributed by atoms with E-state index in [4.69, 9.17) is 12.2 Å². The average molecular weight is 220 g/mol. The summed E-state index contributed by atoms with van der Waals surface area (Å²) in [5.74, 6) is 0.0231. The number of pyridine rings is 1. The Morgan fingerprint density at radius 1 is 1.54 bits per heavy atom. The van der Waals surface area contributed by atoms with Crippen LogP contribution < -0.4 is 4.72 Å². The molecule has 1 aromatic rings. The van der Waals surface area contributed by atoms with Gasteiger partial charge in [-0.15, -0.1) is 0 Å². The largest absolute Gasteiger partial charge is 0.426 e. The lowest BCUT2D eigenvalue weighted by Gasteiger charge is -2.07. The SMILES string of the molecule is CS(=O)(=O)Nc1cccc(=S)n1O. The van der Waals surface area contributed by atoms with E-state index in [0.29, 0.717) is 4.73 Å². The molecule has 0 aliphatic carbocycles. The molecule has 1 heterocycles. The lowest BCUT2D eigenvalue weighted by molar-refractivity contribution is 0.187. The highest BCUT2D eigenvalue weighted by Gasteiger charge is 2.04. The molecule has 13 heavy (non-hydrogen) atoms. The molecular formula is C6H8N2O3S2. The van der Waals surface area contributed by atoms with Crippen LogP contribution in [0.15, 0.2) is 18.2 Å². The predicted molar refractivity (Wildman–Crippen MR) is 50.9 cm³/mol. The highest BCUT2D eigenvalue weighted by Crippen LogP contribution is 2.07. The van der Waals surface area contributed by atoms with Gasteiger partial charge in [0.15, 0.2) is 5.82 Å². The van der Waals surface area contributed by atoms with E-state index in [1.165, 1.54) is 12.1 Å². The van der Waals surface area contributed by atoms with E-state index in [0.717, 1.165) is 6.26 Å². The van der Waals surface area contributed by atoms with Gasteiger partial charge in [-0.25, -0.2) is 8.42 Å². The summed E-state index contributed by atoms with van der Waals surface area (Å²) in [6.07, 6.45) is 0.989. The third kappa shape index (κ3) is 2.71. The Labute approximate surface area is 80.6 Å². The summed E-state index contributed by atoms with van der Waals surface area (Å²) >= 11 is 4.71. The number of nitrogens with one attached hydrogen (secondary N) is 1. The Bertz CT molecular complexity index is 463. The van der Waals surface area contributed by atoms with Gasteiger partial charge in [-0.2, -0.15) is 4.73 Å². The first-order chi connectivity index (χ1) is 5.90. The molecule has 7 heteroatoms. The van der Waals surface area contributed by atoms with Crippen LogP contribution in [-0.4, -0.2) is 24.6 Å². The maximum absolute atomic E-state index is 10.8. The van der Waals surface area contributed by atoms with E-state index in [1.807, 2.05) is 0 Å². The van der Waals surface area contributed by atoms with Crippen molar-refractivity contribution in [3.05, 3.63) is 22.8 Å².